The highest BCUT2D eigenvalue weighted by Gasteiger charge is 2.22. The predicted molar refractivity (Wildman–Crippen MR) is 104 cm³/mol. The predicted octanol–water partition coefficient (Wildman–Crippen LogP) is 4.27. The van der Waals surface area contributed by atoms with Gasteiger partial charge in [0.05, 0.1) is 12.8 Å². The molecule has 0 spiro atoms. The van der Waals surface area contributed by atoms with Gasteiger partial charge in [0, 0.05) is 29.6 Å². The van der Waals surface area contributed by atoms with Crippen molar-refractivity contribution in [1.29, 1.82) is 0 Å². The lowest BCUT2D eigenvalue weighted by atomic mass is 10.1. The van der Waals surface area contributed by atoms with Crippen LogP contribution in [0.4, 0.5) is 0 Å². The van der Waals surface area contributed by atoms with E-state index in [-0.39, 0.29) is 0 Å². The number of para-hydroxylation sites is 1. The first kappa shape index (κ1) is 17.1. The van der Waals surface area contributed by atoms with Crippen LogP contribution in [0.1, 0.15) is 27.4 Å². The van der Waals surface area contributed by atoms with Crippen molar-refractivity contribution in [3.05, 3.63) is 95.6 Å². The SMILES string of the molecule is O=C(O)c1c(CNCc2ccco2)c2ccccc2n1Cc1ccccc1. The number of aromatic nitrogens is 1. The van der Waals surface area contributed by atoms with Crippen molar-refractivity contribution in [2.24, 2.45) is 0 Å². The lowest BCUT2D eigenvalue weighted by Gasteiger charge is -2.10. The molecule has 0 saturated carbocycles. The van der Waals surface area contributed by atoms with Crippen LogP contribution in [0, 0.1) is 0 Å². The van der Waals surface area contributed by atoms with Crippen LogP contribution in [0.15, 0.2) is 77.4 Å². The summed E-state index contributed by atoms with van der Waals surface area (Å²) in [4.78, 5) is 12.1. The zero-order valence-electron chi connectivity index (χ0n) is 14.8. The van der Waals surface area contributed by atoms with Gasteiger partial charge in [-0.25, -0.2) is 4.79 Å². The molecule has 4 rings (SSSR count). The van der Waals surface area contributed by atoms with Gasteiger partial charge in [0.15, 0.2) is 0 Å². The number of fused-ring (bicyclic) bond motifs is 1. The number of nitrogens with zero attached hydrogens (tertiary/aromatic N) is 1. The van der Waals surface area contributed by atoms with Crippen molar-refractivity contribution < 1.29 is 14.3 Å². The first-order valence-corrected chi connectivity index (χ1v) is 8.84. The van der Waals surface area contributed by atoms with Crippen LogP contribution < -0.4 is 5.32 Å². The van der Waals surface area contributed by atoms with Crippen molar-refractivity contribution in [2.45, 2.75) is 19.6 Å². The van der Waals surface area contributed by atoms with Gasteiger partial charge in [0.2, 0.25) is 0 Å². The fourth-order valence-electron chi connectivity index (χ4n) is 3.45. The molecule has 0 unspecified atom stereocenters. The molecule has 0 atom stereocenters. The Bertz CT molecular complexity index is 1050. The molecule has 2 N–H and O–H groups in total. The molecule has 0 saturated heterocycles. The van der Waals surface area contributed by atoms with Crippen LogP contribution in [-0.2, 0) is 19.6 Å². The molecule has 0 aliphatic heterocycles. The average molecular weight is 360 g/mol. The second kappa shape index (κ2) is 7.51. The minimum absolute atomic E-state index is 0.326. The summed E-state index contributed by atoms with van der Waals surface area (Å²) in [5, 5.41) is 14.2. The fourth-order valence-corrected chi connectivity index (χ4v) is 3.45. The highest BCUT2D eigenvalue weighted by atomic mass is 16.4. The van der Waals surface area contributed by atoms with Gasteiger partial charge >= 0.3 is 5.97 Å². The van der Waals surface area contributed by atoms with Gasteiger partial charge < -0.3 is 19.4 Å². The Morgan fingerprint density at radius 2 is 1.74 bits per heavy atom. The summed E-state index contributed by atoms with van der Waals surface area (Å²) >= 11 is 0. The quantitative estimate of drug-likeness (QED) is 0.516. The van der Waals surface area contributed by atoms with E-state index in [9.17, 15) is 9.90 Å². The van der Waals surface area contributed by atoms with Gasteiger partial charge in [-0.1, -0.05) is 48.5 Å². The summed E-state index contributed by atoms with van der Waals surface area (Å²) in [5.41, 5.74) is 3.11. The third-order valence-electron chi connectivity index (χ3n) is 4.64. The number of carbonyl (C=O) groups is 1. The molecule has 5 nitrogen and oxygen atoms in total. The van der Waals surface area contributed by atoms with Crippen molar-refractivity contribution in [1.82, 2.24) is 9.88 Å². The molecule has 0 amide bonds. The lowest BCUT2D eigenvalue weighted by Crippen LogP contribution is -2.17. The molecule has 5 heteroatoms. The third kappa shape index (κ3) is 3.50. The summed E-state index contributed by atoms with van der Waals surface area (Å²) in [6.45, 7) is 1.51. The molecule has 136 valence electrons. The number of aromatic carboxylic acids is 1. The number of nitrogens with one attached hydrogen (secondary N) is 1. The maximum absolute atomic E-state index is 12.1. The maximum atomic E-state index is 12.1. The molecule has 2 aromatic heterocycles. The van der Waals surface area contributed by atoms with E-state index in [0.717, 1.165) is 27.8 Å². The summed E-state index contributed by atoms with van der Waals surface area (Å²) in [5.74, 6) is -0.100. The van der Waals surface area contributed by atoms with E-state index in [1.807, 2.05) is 71.3 Å². The minimum Gasteiger partial charge on any atom is -0.477 e. The number of carboxylic acids is 1. The van der Waals surface area contributed by atoms with Crippen LogP contribution in [0.2, 0.25) is 0 Å². The van der Waals surface area contributed by atoms with Gasteiger partial charge in [0.1, 0.15) is 11.5 Å². The lowest BCUT2D eigenvalue weighted by molar-refractivity contribution is 0.0685. The van der Waals surface area contributed by atoms with Gasteiger partial charge in [0.25, 0.3) is 0 Å². The van der Waals surface area contributed by atoms with Crippen molar-refractivity contribution in [2.75, 3.05) is 0 Å². The van der Waals surface area contributed by atoms with Crippen molar-refractivity contribution >= 4 is 16.9 Å². The zero-order valence-corrected chi connectivity index (χ0v) is 14.8. The molecular formula is C22H20N2O3. The Morgan fingerprint density at radius 1 is 0.963 bits per heavy atom. The Balaban J connectivity index is 1.73. The molecule has 0 aliphatic rings. The van der Waals surface area contributed by atoms with E-state index in [4.69, 9.17) is 4.42 Å². The number of furan rings is 1. The standard InChI is InChI=1S/C22H20N2O3/c25-22(26)21-19(14-23-13-17-9-6-12-27-17)18-10-4-5-11-20(18)24(21)15-16-7-2-1-3-8-16/h1-12,23H,13-15H2,(H,25,26). The number of hydrogen-bond donors (Lipinski definition) is 2. The molecule has 0 aliphatic carbocycles. The maximum Gasteiger partial charge on any atom is 0.352 e. The summed E-state index contributed by atoms with van der Waals surface area (Å²) < 4.78 is 7.22. The van der Waals surface area contributed by atoms with Gasteiger partial charge in [-0.2, -0.15) is 0 Å². The van der Waals surface area contributed by atoms with E-state index in [0.29, 0.717) is 25.3 Å². The third-order valence-corrected chi connectivity index (χ3v) is 4.64. The second-order valence-electron chi connectivity index (χ2n) is 6.40. The van der Waals surface area contributed by atoms with Crippen LogP contribution in [0.5, 0.6) is 0 Å². The smallest absolute Gasteiger partial charge is 0.352 e. The van der Waals surface area contributed by atoms with Crippen molar-refractivity contribution in [3.63, 3.8) is 0 Å². The average Bonchev–Trinajstić information content (AvgIpc) is 3.30. The Morgan fingerprint density at radius 3 is 2.48 bits per heavy atom. The minimum atomic E-state index is -0.920. The highest BCUT2D eigenvalue weighted by Crippen LogP contribution is 2.27. The van der Waals surface area contributed by atoms with Gasteiger partial charge in [-0.3, -0.25) is 0 Å². The van der Waals surface area contributed by atoms with E-state index in [1.54, 1.807) is 6.26 Å². The summed E-state index contributed by atoms with van der Waals surface area (Å²) in [6, 6.07) is 21.5. The van der Waals surface area contributed by atoms with Gasteiger partial charge in [-0.05, 0) is 23.8 Å². The van der Waals surface area contributed by atoms with E-state index >= 15 is 0 Å². The molecule has 27 heavy (non-hydrogen) atoms. The monoisotopic (exact) mass is 360 g/mol. The van der Waals surface area contributed by atoms with Crippen LogP contribution in [0.25, 0.3) is 10.9 Å². The van der Waals surface area contributed by atoms with E-state index in [2.05, 4.69) is 5.32 Å². The molecular weight excluding hydrogens is 340 g/mol. The first-order chi connectivity index (χ1) is 13.2. The topological polar surface area (TPSA) is 67.4 Å². The number of hydrogen-bond acceptors (Lipinski definition) is 3. The molecule has 2 heterocycles. The van der Waals surface area contributed by atoms with E-state index < -0.39 is 5.97 Å². The molecule has 0 radical (unpaired) electrons. The summed E-state index contributed by atoms with van der Waals surface area (Å²) in [7, 11) is 0. The Kier molecular flexibility index (Phi) is 4.77. The number of benzene rings is 2. The van der Waals surface area contributed by atoms with Crippen LogP contribution >= 0.6 is 0 Å². The largest absolute Gasteiger partial charge is 0.477 e. The molecule has 2 aromatic carbocycles. The zero-order chi connectivity index (χ0) is 18.6. The summed E-state index contributed by atoms with van der Waals surface area (Å²) in [6.07, 6.45) is 1.63. The normalized spacial score (nSPS) is 11.1. The highest BCUT2D eigenvalue weighted by molar-refractivity contribution is 5.98. The Labute approximate surface area is 156 Å². The first-order valence-electron chi connectivity index (χ1n) is 8.84. The van der Waals surface area contributed by atoms with Crippen molar-refractivity contribution in [3.8, 4) is 0 Å². The van der Waals surface area contributed by atoms with Crippen LogP contribution in [0.3, 0.4) is 0 Å². The molecule has 0 bridgehead atoms. The van der Waals surface area contributed by atoms with E-state index in [1.165, 1.54) is 0 Å². The molecule has 4 aromatic rings. The Hall–Kier alpha value is -3.31. The number of rotatable bonds is 7. The fraction of sp³-hybridized carbons (Fsp3) is 0.136. The molecule has 0 fully saturated rings. The second-order valence-corrected chi connectivity index (χ2v) is 6.40. The van der Waals surface area contributed by atoms with Crippen LogP contribution in [-0.4, -0.2) is 15.6 Å². The number of carboxylic acid groups (broad SMARTS) is 1. The van der Waals surface area contributed by atoms with Gasteiger partial charge in [-0.15, -0.1) is 0 Å².